The Morgan fingerprint density at radius 2 is 0.661 bits per heavy atom. The monoisotopic (exact) mass is 1660 g/mol. The maximum atomic E-state index is 12.4. The molecule has 0 amide bonds. The quantitative estimate of drug-likeness (QED) is 0.00802. The number of likely N-dealkylation sites (N-methyl/N-ethyl adjacent to an activating group) is 4. The van der Waals surface area contributed by atoms with Gasteiger partial charge >= 0.3 is 11.9 Å². The molecule has 0 aromatic heterocycles. The van der Waals surface area contributed by atoms with Gasteiger partial charge in [-0.15, -0.1) is 34.8 Å². The van der Waals surface area contributed by atoms with Gasteiger partial charge in [-0.2, -0.15) is 0 Å². The van der Waals surface area contributed by atoms with Crippen LogP contribution in [0.15, 0.2) is 231 Å². The van der Waals surface area contributed by atoms with E-state index < -0.39 is 5.97 Å². The van der Waals surface area contributed by atoms with Gasteiger partial charge in [-0.05, 0) is 182 Å². The van der Waals surface area contributed by atoms with Crippen LogP contribution in [0.2, 0.25) is 0 Å². The highest BCUT2D eigenvalue weighted by Crippen LogP contribution is 2.21. The van der Waals surface area contributed by atoms with Crippen molar-refractivity contribution in [1.29, 1.82) is 0 Å². The van der Waals surface area contributed by atoms with Crippen LogP contribution >= 0.6 is 46.4 Å². The maximum absolute atomic E-state index is 12.4. The Labute approximate surface area is 701 Å². The third kappa shape index (κ3) is 48.1. The first-order valence-corrected chi connectivity index (χ1v) is 40.5. The minimum atomic E-state index is -0.402. The van der Waals surface area contributed by atoms with Crippen molar-refractivity contribution >= 4 is 86.7 Å². The van der Waals surface area contributed by atoms with Crippen LogP contribution in [0, 0.1) is 0 Å². The minimum Gasteiger partial charge on any atom is -0.494 e. The number of halogens is 4. The van der Waals surface area contributed by atoms with E-state index in [-0.39, 0.29) is 66.3 Å². The first-order valence-electron chi connectivity index (χ1n) is 38.5. The molecule has 0 aliphatic heterocycles. The van der Waals surface area contributed by atoms with Gasteiger partial charge in [0.05, 0.1) is 46.1 Å². The highest BCUT2D eigenvalue weighted by Gasteiger charge is 2.14. The van der Waals surface area contributed by atoms with Crippen molar-refractivity contribution < 1.29 is 72.2 Å². The van der Waals surface area contributed by atoms with Crippen molar-refractivity contribution in [2.24, 2.45) is 0 Å². The lowest BCUT2D eigenvalue weighted by atomic mass is 10.0. The molecule has 3 N–H and O–H groups in total. The Hall–Kier alpha value is -9.13. The van der Waals surface area contributed by atoms with Crippen molar-refractivity contribution in [1.82, 2.24) is 24.9 Å². The van der Waals surface area contributed by atoms with Gasteiger partial charge < -0.3 is 63.6 Å². The first kappa shape index (κ1) is 102. The average molecular weight is 1660 g/mol. The van der Waals surface area contributed by atoms with Crippen LogP contribution in [0.3, 0.4) is 0 Å². The summed E-state index contributed by atoms with van der Waals surface area (Å²) in [5, 5.41) is 19.2. The highest BCUT2D eigenvalue weighted by molar-refractivity contribution is 6.63. The first-order chi connectivity index (χ1) is 55.7. The number of hydrogen-bond donors (Lipinski definition) is 3. The second kappa shape index (κ2) is 66.1. The summed E-state index contributed by atoms with van der Waals surface area (Å²) in [5.74, 6) is 3.57. The van der Waals surface area contributed by atoms with Crippen LogP contribution in [-0.2, 0) is 23.9 Å². The number of ketones is 4. The van der Waals surface area contributed by atoms with Crippen molar-refractivity contribution in [3.8, 4) is 23.0 Å². The number of benzene rings is 8. The zero-order valence-electron chi connectivity index (χ0n) is 67.7. The van der Waals surface area contributed by atoms with E-state index in [1.165, 1.54) is 19.6 Å². The Bertz CT molecular complexity index is 3870. The summed E-state index contributed by atoms with van der Waals surface area (Å²) in [5.41, 5.74) is 5.33. The molecule has 624 valence electrons. The van der Waals surface area contributed by atoms with E-state index in [0.29, 0.717) is 122 Å². The molecule has 0 saturated heterocycles. The van der Waals surface area contributed by atoms with Gasteiger partial charge in [0.25, 0.3) is 0 Å². The van der Waals surface area contributed by atoms with Crippen LogP contribution in [0.25, 0.3) is 0 Å². The van der Waals surface area contributed by atoms with Gasteiger partial charge in [0.1, 0.15) is 36.2 Å². The van der Waals surface area contributed by atoms with Gasteiger partial charge in [-0.3, -0.25) is 28.8 Å². The Morgan fingerprint density at radius 1 is 0.374 bits per heavy atom. The molecule has 8 rings (SSSR count). The molecular weight excluding hydrogens is 1540 g/mol. The van der Waals surface area contributed by atoms with E-state index in [9.17, 15) is 33.6 Å². The SMILES string of the molecule is C=CC(=O)OCCN(C)CCCOc1ccc(C(=O)c2ccccc2)cc1.CCN(CC)CC.CN(CCCOc1ccc(C(=O)c2ccccc2)cc1)CCOC(=O)CCCl.CN(CCO)CCCOc1ccc(C(=O)c2ccccc2)cc1.CNCCO.O=C(Cl)CCCl.O=C(c1ccccc1)c1ccc(OCCCCl)cc1. The summed E-state index contributed by atoms with van der Waals surface area (Å²) < 4.78 is 32.6. The smallest absolute Gasteiger partial charge is 0.330 e. The molecule has 115 heavy (non-hydrogen) atoms. The number of aliphatic hydroxyl groups is 2. The molecule has 0 atom stereocenters. The van der Waals surface area contributed by atoms with E-state index in [4.69, 9.17) is 85.0 Å². The van der Waals surface area contributed by atoms with Crippen molar-refractivity contribution in [2.75, 3.05) is 164 Å². The summed E-state index contributed by atoms with van der Waals surface area (Å²) in [4.78, 5) is 89.7. The van der Waals surface area contributed by atoms with Gasteiger partial charge in [0, 0.05) is 120 Å². The number of aliphatic hydroxyl groups excluding tert-OH is 2. The lowest BCUT2D eigenvalue weighted by Crippen LogP contribution is -2.26. The molecule has 24 heteroatoms. The Balaban J connectivity index is 0.000000487. The fourth-order valence-corrected chi connectivity index (χ4v) is 10.5. The molecule has 0 radical (unpaired) electrons. The molecular formula is C91H117Cl4N5O15. The summed E-state index contributed by atoms with van der Waals surface area (Å²) >= 11 is 21.0. The number of nitrogens with one attached hydrogen (secondary N) is 1. The predicted molar refractivity (Wildman–Crippen MR) is 464 cm³/mol. The van der Waals surface area contributed by atoms with Crippen LogP contribution < -0.4 is 24.3 Å². The third-order valence-corrected chi connectivity index (χ3v) is 17.2. The third-order valence-electron chi connectivity index (χ3n) is 16.4. The highest BCUT2D eigenvalue weighted by atomic mass is 35.5. The second-order valence-corrected chi connectivity index (χ2v) is 26.8. The van der Waals surface area contributed by atoms with Crippen LogP contribution in [0.4, 0.5) is 0 Å². The summed E-state index contributed by atoms with van der Waals surface area (Å²) in [7, 11) is 7.71. The molecule has 0 heterocycles. The molecule has 0 fully saturated rings. The maximum Gasteiger partial charge on any atom is 0.330 e. The molecule has 0 aliphatic carbocycles. The second-order valence-electron chi connectivity index (χ2n) is 25.3. The van der Waals surface area contributed by atoms with E-state index in [2.05, 4.69) is 52.3 Å². The van der Waals surface area contributed by atoms with Crippen LogP contribution in [0.5, 0.6) is 23.0 Å². The Morgan fingerprint density at radius 3 is 0.887 bits per heavy atom. The molecule has 0 bridgehead atoms. The van der Waals surface area contributed by atoms with Gasteiger partial charge in [-0.25, -0.2) is 4.79 Å². The number of carbonyl (C=O) groups is 7. The van der Waals surface area contributed by atoms with Gasteiger partial charge in [-0.1, -0.05) is 149 Å². The summed E-state index contributed by atoms with van der Waals surface area (Å²) in [6.07, 6.45) is 5.06. The largest absolute Gasteiger partial charge is 0.494 e. The lowest BCUT2D eigenvalue weighted by Gasteiger charge is -2.16. The van der Waals surface area contributed by atoms with Crippen LogP contribution in [-0.4, -0.2) is 234 Å². The van der Waals surface area contributed by atoms with E-state index in [1.54, 1.807) is 55.6 Å². The summed E-state index contributed by atoms with van der Waals surface area (Å²) in [6, 6.07) is 65.7. The van der Waals surface area contributed by atoms with E-state index in [0.717, 1.165) is 74.4 Å². The normalized spacial score (nSPS) is 10.3. The predicted octanol–water partition coefficient (Wildman–Crippen LogP) is 15.6. The zero-order valence-corrected chi connectivity index (χ0v) is 70.7. The summed E-state index contributed by atoms with van der Waals surface area (Å²) in [6.45, 7) is 22.2. The number of ether oxygens (including phenoxy) is 6. The number of esters is 2. The number of hydrogen-bond acceptors (Lipinski definition) is 20. The number of rotatable bonds is 45. The molecule has 0 aliphatic rings. The van der Waals surface area contributed by atoms with E-state index in [1.807, 2.05) is 191 Å². The van der Waals surface area contributed by atoms with Gasteiger partial charge in [0.2, 0.25) is 5.24 Å². The van der Waals surface area contributed by atoms with Crippen LogP contribution in [0.1, 0.15) is 123 Å². The van der Waals surface area contributed by atoms with Crippen molar-refractivity contribution in [3.63, 3.8) is 0 Å². The fourth-order valence-electron chi connectivity index (χ4n) is 9.84. The number of nitrogens with zero attached hydrogens (tertiary/aromatic N) is 4. The minimum absolute atomic E-state index is 0.000484. The van der Waals surface area contributed by atoms with Crippen molar-refractivity contribution in [3.05, 3.63) is 276 Å². The Kier molecular flexibility index (Phi) is 58.6. The molecule has 8 aromatic carbocycles. The number of carbonyl (C=O) groups excluding carboxylic acids is 7. The van der Waals surface area contributed by atoms with Crippen molar-refractivity contribution in [2.45, 2.75) is 59.3 Å². The fraction of sp³-hybridized carbons (Fsp3) is 0.374. The molecule has 8 aromatic rings. The number of alkyl halides is 3. The standard InChI is InChI=1S/C22H26ClNO4.C22H25NO4.C19H23NO3.C16H15ClO2.C6H15N.C3H4Cl2O.C3H9NO/c1-24(15-17-28-21(25)12-13-23)14-5-16-27-20-10-8-19(9-11-20)22(26)18-6-3-2-4-7-18;1-3-21(24)27-17-15-23(2)14-7-16-26-20-12-10-19(11-13-20)22(25)18-8-5-4-6-9-18;1-20(13-14-21)12-5-15-23-18-10-8-17(9-11-18)19(22)16-6-3-2-4-7-16;17-11-4-12-19-15-9-7-14(8-10-15)16(18)13-5-2-1-3-6-13;1-4-7(5-2)6-3;4-2-1-3(5)6;1-4-2-3-5/h2-4,6-11H,5,12-17H2,1H3;3-6,8-13H,1,7,14-17H2,2H3;2-4,6-11,21H,5,12-15H2,1H3;1-3,5-10H,4,11-12H2;4-6H2,1-3H3;1-2H2;4-5H,2-3H2,1H3. The zero-order chi connectivity index (χ0) is 84.5. The molecule has 0 unspecified atom stereocenters. The molecule has 0 saturated carbocycles. The lowest BCUT2D eigenvalue weighted by molar-refractivity contribution is -0.143. The van der Waals surface area contributed by atoms with Gasteiger partial charge in [0.15, 0.2) is 23.1 Å². The topological polar surface area (TPSA) is 240 Å². The molecule has 0 spiro atoms. The molecule has 20 nitrogen and oxygen atoms in total. The van der Waals surface area contributed by atoms with E-state index >= 15 is 0 Å². The average Bonchev–Trinajstić information content (AvgIpc) is 0.874.